The number of carbonyl (C=O) groups is 4. The van der Waals surface area contributed by atoms with Gasteiger partial charge >= 0.3 is 23.9 Å². The molecular weight excluding hydrogens is 973 g/mol. The van der Waals surface area contributed by atoms with Gasteiger partial charge in [-0.3, -0.25) is 14.4 Å². The van der Waals surface area contributed by atoms with E-state index in [0.29, 0.717) is 19.3 Å². The normalized spacial score (nSPS) is 18.7. The lowest BCUT2D eigenvalue weighted by Crippen LogP contribution is -2.61. The van der Waals surface area contributed by atoms with Gasteiger partial charge in [0.2, 0.25) is 0 Å². The van der Waals surface area contributed by atoms with Crippen molar-refractivity contribution in [1.29, 1.82) is 0 Å². The summed E-state index contributed by atoms with van der Waals surface area (Å²) >= 11 is 0. The van der Waals surface area contributed by atoms with Crippen molar-refractivity contribution in [3.63, 3.8) is 0 Å². The summed E-state index contributed by atoms with van der Waals surface area (Å²) in [4.78, 5) is 51.2. The molecule has 6 unspecified atom stereocenters. The topological polar surface area (TPSA) is 175 Å². The number of aliphatic hydroxyl groups excluding tert-OH is 2. The van der Waals surface area contributed by atoms with E-state index in [1.807, 2.05) is 0 Å². The predicted octanol–water partition coefficient (Wildman–Crippen LogP) is 15.7. The van der Waals surface area contributed by atoms with Gasteiger partial charge in [-0.2, -0.15) is 0 Å². The van der Waals surface area contributed by atoms with Crippen LogP contribution < -0.4 is 0 Å². The van der Waals surface area contributed by atoms with Crippen LogP contribution in [0.15, 0.2) is 97.2 Å². The summed E-state index contributed by atoms with van der Waals surface area (Å²) in [5.41, 5.74) is 0. The zero-order valence-electron chi connectivity index (χ0n) is 48.2. The van der Waals surface area contributed by atoms with Crippen LogP contribution in [0.1, 0.15) is 239 Å². The molecule has 0 amide bonds. The Kier molecular flexibility index (Phi) is 48.0. The van der Waals surface area contributed by atoms with E-state index in [9.17, 15) is 34.5 Å². The molecule has 1 heterocycles. The number of unbranched alkanes of at least 4 members (excludes halogenated alkanes) is 20. The third-order valence-electron chi connectivity index (χ3n) is 13.1. The molecule has 0 aliphatic carbocycles. The Morgan fingerprint density at radius 1 is 0.442 bits per heavy atom. The monoisotopic (exact) mass is 1080 g/mol. The highest BCUT2D eigenvalue weighted by molar-refractivity contribution is 5.74. The van der Waals surface area contributed by atoms with Crippen LogP contribution in [0.25, 0.3) is 0 Å². The van der Waals surface area contributed by atoms with Gasteiger partial charge in [0.15, 0.2) is 24.6 Å². The number of ether oxygens (including phenoxy) is 5. The SMILES string of the molecule is CC/C=C\C/C=C\C/C=C\C/C=C\CCCCCCCCC(=O)OCC(COC1OC(C(=O)O)C(O)C(O)C1OC(=O)CCCCCCC/C=C\C/C=C\C/C=C\CC)OC(=O)CCCCCCC/C=C\CCCCCC. The smallest absolute Gasteiger partial charge is 0.335 e. The molecule has 1 fully saturated rings. The summed E-state index contributed by atoms with van der Waals surface area (Å²) in [6.45, 7) is 5.72. The minimum Gasteiger partial charge on any atom is -0.479 e. The molecule has 77 heavy (non-hydrogen) atoms. The summed E-state index contributed by atoms with van der Waals surface area (Å²) in [5, 5.41) is 31.5. The average molecular weight is 1080 g/mol. The van der Waals surface area contributed by atoms with Crippen LogP contribution >= 0.6 is 0 Å². The molecule has 1 rings (SSSR count). The number of carboxylic acids is 1. The van der Waals surface area contributed by atoms with Crippen molar-refractivity contribution < 1.29 is 58.2 Å². The van der Waals surface area contributed by atoms with Crippen molar-refractivity contribution in [1.82, 2.24) is 0 Å². The van der Waals surface area contributed by atoms with Crippen molar-refractivity contribution in [3.8, 4) is 0 Å². The Bertz CT molecular complexity index is 1710. The van der Waals surface area contributed by atoms with Gasteiger partial charge in [-0.1, -0.05) is 201 Å². The minimum absolute atomic E-state index is 0.0349. The van der Waals surface area contributed by atoms with Gasteiger partial charge < -0.3 is 39.0 Å². The van der Waals surface area contributed by atoms with Gasteiger partial charge in [0, 0.05) is 19.3 Å². The molecular formula is C65H106O12. The number of hydrogen-bond acceptors (Lipinski definition) is 11. The van der Waals surface area contributed by atoms with E-state index in [1.54, 1.807) is 0 Å². The fourth-order valence-corrected chi connectivity index (χ4v) is 8.54. The Hall–Kier alpha value is -4.36. The van der Waals surface area contributed by atoms with Gasteiger partial charge in [-0.15, -0.1) is 0 Å². The molecule has 0 radical (unpaired) electrons. The molecule has 3 N–H and O–H groups in total. The first-order chi connectivity index (χ1) is 37.6. The highest BCUT2D eigenvalue weighted by atomic mass is 16.7. The molecule has 438 valence electrons. The van der Waals surface area contributed by atoms with E-state index in [4.69, 9.17) is 23.7 Å². The molecule has 0 aromatic heterocycles. The van der Waals surface area contributed by atoms with Gasteiger partial charge in [0.25, 0.3) is 0 Å². The van der Waals surface area contributed by atoms with Crippen LogP contribution in [0, 0.1) is 0 Å². The fourth-order valence-electron chi connectivity index (χ4n) is 8.54. The standard InChI is InChI=1S/C65H106O12/c1-4-7-10-13-16-19-22-25-27-28-29-30-32-34-36-39-42-45-48-51-57(66)73-54-56(75-58(67)52-49-46-43-40-37-33-24-21-18-15-12-9-6-3)55-74-65-63(61(70)60(69)62(77-65)64(71)72)76-59(68)53-50-47-44-41-38-35-31-26-23-20-17-14-11-8-5-2/h7-8,10-11,16-17,19-21,24-27,29-31,56,60-63,65,69-70H,4-6,9,12-15,18,22-23,28,32-55H2,1-3H3,(H,71,72)/b10-7-,11-8-,19-16-,20-17-,24-21-,27-25-,30-29-,31-26-. The predicted molar refractivity (Wildman–Crippen MR) is 312 cm³/mol. The number of rotatable bonds is 50. The van der Waals surface area contributed by atoms with E-state index >= 15 is 0 Å². The quantitative estimate of drug-likeness (QED) is 0.0228. The zero-order chi connectivity index (χ0) is 56.1. The van der Waals surface area contributed by atoms with Crippen LogP contribution in [-0.4, -0.2) is 89.2 Å². The maximum atomic E-state index is 13.1. The van der Waals surface area contributed by atoms with Gasteiger partial charge in [0.05, 0.1) is 6.61 Å². The van der Waals surface area contributed by atoms with Gasteiger partial charge in [-0.05, 0) is 116 Å². The summed E-state index contributed by atoms with van der Waals surface area (Å²) in [7, 11) is 0. The first-order valence-corrected chi connectivity index (χ1v) is 30.2. The lowest BCUT2D eigenvalue weighted by atomic mass is 9.98. The molecule has 0 aromatic carbocycles. The lowest BCUT2D eigenvalue weighted by Gasteiger charge is -2.40. The summed E-state index contributed by atoms with van der Waals surface area (Å²) < 4.78 is 28.4. The fraction of sp³-hybridized carbons (Fsp3) is 0.692. The molecule has 1 aliphatic heterocycles. The van der Waals surface area contributed by atoms with Gasteiger partial charge in [-0.25, -0.2) is 4.79 Å². The Balaban J connectivity index is 2.70. The Morgan fingerprint density at radius 3 is 1.26 bits per heavy atom. The number of carboxylic acid groups (broad SMARTS) is 1. The van der Waals surface area contributed by atoms with Crippen LogP contribution in [0.3, 0.4) is 0 Å². The summed E-state index contributed by atoms with van der Waals surface area (Å²) in [5.74, 6) is -3.18. The van der Waals surface area contributed by atoms with Crippen LogP contribution in [0.2, 0.25) is 0 Å². The summed E-state index contributed by atoms with van der Waals surface area (Å²) in [6.07, 6.45) is 56.5. The highest BCUT2D eigenvalue weighted by Crippen LogP contribution is 2.26. The molecule has 0 saturated carbocycles. The number of aliphatic hydroxyl groups is 2. The number of esters is 3. The van der Waals surface area contributed by atoms with Crippen LogP contribution in [-0.2, 0) is 42.9 Å². The van der Waals surface area contributed by atoms with Crippen molar-refractivity contribution in [2.75, 3.05) is 13.2 Å². The molecule has 0 bridgehead atoms. The van der Waals surface area contributed by atoms with Crippen molar-refractivity contribution in [2.24, 2.45) is 0 Å². The molecule has 12 nitrogen and oxygen atoms in total. The van der Waals surface area contributed by atoms with E-state index in [-0.39, 0.29) is 25.9 Å². The maximum absolute atomic E-state index is 13.1. The largest absolute Gasteiger partial charge is 0.479 e. The minimum atomic E-state index is -1.92. The lowest BCUT2D eigenvalue weighted by molar-refractivity contribution is -0.301. The first kappa shape index (κ1) is 70.7. The van der Waals surface area contributed by atoms with E-state index in [1.165, 1.54) is 25.7 Å². The van der Waals surface area contributed by atoms with Crippen molar-refractivity contribution in [3.05, 3.63) is 97.2 Å². The molecule has 6 atom stereocenters. The number of carbonyl (C=O) groups excluding carboxylic acids is 3. The second-order valence-corrected chi connectivity index (χ2v) is 20.2. The number of aliphatic carboxylic acids is 1. The van der Waals surface area contributed by atoms with E-state index in [2.05, 4.69) is 118 Å². The highest BCUT2D eigenvalue weighted by Gasteiger charge is 2.50. The molecule has 0 spiro atoms. The van der Waals surface area contributed by atoms with E-state index in [0.717, 1.165) is 154 Å². The second-order valence-electron chi connectivity index (χ2n) is 20.2. The van der Waals surface area contributed by atoms with Gasteiger partial charge in [0.1, 0.15) is 18.8 Å². The number of allylic oxidation sites excluding steroid dienone is 16. The number of hydrogen-bond donors (Lipinski definition) is 3. The summed E-state index contributed by atoms with van der Waals surface area (Å²) in [6, 6.07) is 0. The van der Waals surface area contributed by atoms with Crippen molar-refractivity contribution in [2.45, 2.75) is 276 Å². The Morgan fingerprint density at radius 2 is 0.818 bits per heavy atom. The average Bonchev–Trinajstić information content (AvgIpc) is 3.42. The maximum Gasteiger partial charge on any atom is 0.335 e. The van der Waals surface area contributed by atoms with Crippen LogP contribution in [0.5, 0.6) is 0 Å². The zero-order valence-corrected chi connectivity index (χ0v) is 48.2. The molecule has 12 heteroatoms. The third kappa shape index (κ3) is 42.3. The molecule has 0 aromatic rings. The molecule has 1 aliphatic rings. The van der Waals surface area contributed by atoms with E-state index < -0.39 is 67.3 Å². The second kappa shape index (κ2) is 52.3. The molecule has 1 saturated heterocycles. The third-order valence-corrected chi connectivity index (χ3v) is 13.1. The van der Waals surface area contributed by atoms with Crippen LogP contribution in [0.4, 0.5) is 0 Å². The van der Waals surface area contributed by atoms with Crippen molar-refractivity contribution >= 4 is 23.9 Å². The Labute approximate surface area is 466 Å². The first-order valence-electron chi connectivity index (χ1n) is 30.2.